The molecule has 2 amide bonds. The predicted molar refractivity (Wildman–Crippen MR) is 85.4 cm³/mol. The Balaban J connectivity index is 1.77. The van der Waals surface area contributed by atoms with Gasteiger partial charge < -0.3 is 15.4 Å². The Bertz CT molecular complexity index is 740. The first-order chi connectivity index (χ1) is 11.6. The molecule has 2 atom stereocenters. The van der Waals surface area contributed by atoms with Crippen LogP contribution in [0.15, 0.2) is 30.6 Å². The summed E-state index contributed by atoms with van der Waals surface area (Å²) < 4.78 is 6.69. The molecule has 1 saturated heterocycles. The number of aryl methyl sites for hydroxylation is 1. The number of nitrogens with zero attached hydrogens (tertiary/aromatic N) is 3. The molecule has 2 aromatic rings. The number of nitrogens with one attached hydrogen (secondary N) is 2. The summed E-state index contributed by atoms with van der Waals surface area (Å²) in [5.74, 6) is 0.181. The molecule has 0 unspecified atom stereocenters. The van der Waals surface area contributed by atoms with E-state index >= 15 is 0 Å². The average Bonchev–Trinajstić information content (AvgIpc) is 3.02. The molecule has 8 nitrogen and oxygen atoms in total. The summed E-state index contributed by atoms with van der Waals surface area (Å²) in [5, 5.41) is 10.1. The van der Waals surface area contributed by atoms with Gasteiger partial charge in [-0.25, -0.2) is 4.98 Å². The second-order valence-corrected chi connectivity index (χ2v) is 5.63. The Hall–Kier alpha value is -2.90. The zero-order valence-corrected chi connectivity index (χ0v) is 13.5. The van der Waals surface area contributed by atoms with Gasteiger partial charge in [0.2, 0.25) is 11.8 Å². The Morgan fingerprint density at radius 2 is 2.25 bits per heavy atom. The minimum Gasteiger partial charge on any atom is -0.481 e. The Morgan fingerprint density at radius 3 is 2.88 bits per heavy atom. The number of pyridine rings is 1. The maximum absolute atomic E-state index is 12.5. The fourth-order valence-electron chi connectivity index (χ4n) is 2.81. The number of ether oxygens (including phenoxy) is 1. The van der Waals surface area contributed by atoms with Gasteiger partial charge in [-0.1, -0.05) is 0 Å². The largest absolute Gasteiger partial charge is 0.481 e. The van der Waals surface area contributed by atoms with Crippen LogP contribution >= 0.6 is 0 Å². The van der Waals surface area contributed by atoms with E-state index in [1.54, 1.807) is 23.0 Å². The maximum Gasteiger partial charge on any atom is 0.253 e. The maximum atomic E-state index is 12.5. The summed E-state index contributed by atoms with van der Waals surface area (Å²) in [4.78, 5) is 28.3. The molecule has 3 rings (SSSR count). The van der Waals surface area contributed by atoms with Crippen LogP contribution in [0.2, 0.25) is 0 Å². The lowest BCUT2D eigenvalue weighted by Crippen LogP contribution is -2.50. The van der Waals surface area contributed by atoms with Crippen LogP contribution in [0.1, 0.15) is 34.9 Å². The standard InChI is InChI=1S/C16H19N5O3/c1-21-12(7-8-18-21)15-11(4-5-13(22)20-15)19-16(23)10-3-6-14(24-2)17-9-10/h3,6-9,11,15H,4-5H2,1-2H3,(H,19,23)(H,20,22)/t11-,15-/m1/s1. The van der Waals surface area contributed by atoms with Crippen molar-refractivity contribution in [1.82, 2.24) is 25.4 Å². The number of piperidine rings is 1. The number of carbonyl (C=O) groups is 2. The van der Waals surface area contributed by atoms with Gasteiger partial charge in [-0.15, -0.1) is 0 Å². The lowest BCUT2D eigenvalue weighted by atomic mass is 9.95. The van der Waals surface area contributed by atoms with Crippen LogP contribution in [0.3, 0.4) is 0 Å². The smallest absolute Gasteiger partial charge is 0.253 e. The van der Waals surface area contributed by atoms with Gasteiger partial charge in [-0.2, -0.15) is 5.10 Å². The van der Waals surface area contributed by atoms with Gasteiger partial charge >= 0.3 is 0 Å². The van der Waals surface area contributed by atoms with Crippen LogP contribution in [0.25, 0.3) is 0 Å². The number of hydrogen-bond acceptors (Lipinski definition) is 5. The molecule has 8 heteroatoms. The second-order valence-electron chi connectivity index (χ2n) is 5.63. The van der Waals surface area contributed by atoms with Gasteiger partial charge in [-0.3, -0.25) is 14.3 Å². The summed E-state index contributed by atoms with van der Waals surface area (Å²) in [7, 11) is 3.33. The summed E-state index contributed by atoms with van der Waals surface area (Å²) in [5.41, 5.74) is 1.29. The number of rotatable bonds is 4. The van der Waals surface area contributed by atoms with E-state index in [9.17, 15) is 9.59 Å². The third-order valence-electron chi connectivity index (χ3n) is 4.10. The average molecular weight is 329 g/mol. The zero-order chi connectivity index (χ0) is 17.1. The van der Waals surface area contributed by atoms with Crippen molar-refractivity contribution in [2.45, 2.75) is 24.9 Å². The molecule has 1 aliphatic heterocycles. The highest BCUT2D eigenvalue weighted by molar-refractivity contribution is 5.94. The highest BCUT2D eigenvalue weighted by atomic mass is 16.5. The topological polar surface area (TPSA) is 98.1 Å². The van der Waals surface area contributed by atoms with Crippen molar-refractivity contribution in [2.24, 2.45) is 7.05 Å². The fourth-order valence-corrected chi connectivity index (χ4v) is 2.81. The molecule has 1 fully saturated rings. The molecule has 0 bridgehead atoms. The molecule has 0 aromatic carbocycles. The van der Waals surface area contributed by atoms with Crippen LogP contribution in [-0.4, -0.2) is 39.7 Å². The Labute approximate surface area is 139 Å². The third kappa shape index (κ3) is 3.22. The molecule has 126 valence electrons. The van der Waals surface area contributed by atoms with E-state index in [0.717, 1.165) is 5.69 Å². The van der Waals surface area contributed by atoms with E-state index in [0.29, 0.717) is 24.3 Å². The van der Waals surface area contributed by atoms with Crippen molar-refractivity contribution in [1.29, 1.82) is 0 Å². The van der Waals surface area contributed by atoms with E-state index in [2.05, 4.69) is 20.7 Å². The number of carbonyl (C=O) groups excluding carboxylic acids is 2. The van der Waals surface area contributed by atoms with Crippen LogP contribution < -0.4 is 15.4 Å². The van der Waals surface area contributed by atoms with Crippen LogP contribution in [0.4, 0.5) is 0 Å². The van der Waals surface area contributed by atoms with Gasteiger partial charge in [0.1, 0.15) is 0 Å². The predicted octanol–water partition coefficient (Wildman–Crippen LogP) is 0.573. The van der Waals surface area contributed by atoms with E-state index in [1.807, 2.05) is 13.1 Å². The van der Waals surface area contributed by atoms with Gasteiger partial charge in [0.25, 0.3) is 5.91 Å². The summed E-state index contributed by atoms with van der Waals surface area (Å²) in [6.45, 7) is 0. The van der Waals surface area contributed by atoms with Crippen molar-refractivity contribution in [3.8, 4) is 5.88 Å². The van der Waals surface area contributed by atoms with Crippen molar-refractivity contribution >= 4 is 11.8 Å². The molecule has 0 radical (unpaired) electrons. The molecular formula is C16H19N5O3. The van der Waals surface area contributed by atoms with Crippen LogP contribution in [-0.2, 0) is 11.8 Å². The minimum atomic E-state index is -0.311. The number of hydrogen-bond donors (Lipinski definition) is 2. The van der Waals surface area contributed by atoms with Crippen molar-refractivity contribution in [2.75, 3.05) is 7.11 Å². The van der Waals surface area contributed by atoms with E-state index in [-0.39, 0.29) is 23.9 Å². The van der Waals surface area contributed by atoms with Gasteiger partial charge in [-0.05, 0) is 18.6 Å². The van der Waals surface area contributed by atoms with Crippen molar-refractivity contribution < 1.29 is 14.3 Å². The highest BCUT2D eigenvalue weighted by Crippen LogP contribution is 2.24. The van der Waals surface area contributed by atoms with E-state index in [4.69, 9.17) is 4.74 Å². The molecule has 0 aliphatic carbocycles. The second kappa shape index (κ2) is 6.69. The monoisotopic (exact) mass is 329 g/mol. The van der Waals surface area contributed by atoms with Crippen LogP contribution in [0.5, 0.6) is 5.88 Å². The molecule has 2 N–H and O–H groups in total. The number of amides is 2. The van der Waals surface area contributed by atoms with Gasteiger partial charge in [0, 0.05) is 31.9 Å². The van der Waals surface area contributed by atoms with Crippen molar-refractivity contribution in [3.63, 3.8) is 0 Å². The Kier molecular flexibility index (Phi) is 4.45. The minimum absolute atomic E-state index is 0.0298. The lowest BCUT2D eigenvalue weighted by Gasteiger charge is -2.32. The van der Waals surface area contributed by atoms with Gasteiger partial charge in [0.05, 0.1) is 30.5 Å². The first kappa shape index (κ1) is 16.0. The SMILES string of the molecule is COc1ccc(C(=O)N[C@@H]2CCC(=O)N[C@H]2c2ccnn2C)cn1. The first-order valence-corrected chi connectivity index (χ1v) is 7.66. The number of aromatic nitrogens is 3. The molecule has 0 spiro atoms. The molecule has 2 aromatic heterocycles. The highest BCUT2D eigenvalue weighted by Gasteiger charge is 2.32. The normalized spacial score (nSPS) is 20.3. The summed E-state index contributed by atoms with van der Waals surface area (Å²) >= 11 is 0. The van der Waals surface area contributed by atoms with E-state index < -0.39 is 0 Å². The molecule has 24 heavy (non-hydrogen) atoms. The van der Waals surface area contributed by atoms with Crippen LogP contribution in [0, 0.1) is 0 Å². The molecule has 1 aliphatic rings. The van der Waals surface area contributed by atoms with Crippen molar-refractivity contribution in [3.05, 3.63) is 41.9 Å². The molecule has 3 heterocycles. The zero-order valence-electron chi connectivity index (χ0n) is 13.5. The summed E-state index contributed by atoms with van der Waals surface area (Å²) in [6.07, 6.45) is 4.08. The fraction of sp³-hybridized carbons (Fsp3) is 0.375. The molecular weight excluding hydrogens is 310 g/mol. The molecule has 0 saturated carbocycles. The van der Waals surface area contributed by atoms with E-state index in [1.165, 1.54) is 13.3 Å². The number of methoxy groups -OCH3 is 1. The summed E-state index contributed by atoms with van der Waals surface area (Å²) in [6, 6.07) is 4.60. The first-order valence-electron chi connectivity index (χ1n) is 7.66. The lowest BCUT2D eigenvalue weighted by molar-refractivity contribution is -0.123. The Morgan fingerprint density at radius 1 is 1.42 bits per heavy atom. The van der Waals surface area contributed by atoms with Gasteiger partial charge in [0.15, 0.2) is 0 Å². The third-order valence-corrected chi connectivity index (χ3v) is 4.10. The quantitative estimate of drug-likeness (QED) is 0.855.